The Kier molecular flexibility index (Phi) is 3.17. The summed E-state index contributed by atoms with van der Waals surface area (Å²) in [4.78, 5) is 0. The summed E-state index contributed by atoms with van der Waals surface area (Å²) >= 11 is 0. The van der Waals surface area contributed by atoms with Gasteiger partial charge in [0.1, 0.15) is 23.9 Å². The maximum absolute atomic E-state index is 12.9. The number of benzene rings is 2. The van der Waals surface area contributed by atoms with E-state index in [1.54, 1.807) is 36.4 Å². The van der Waals surface area contributed by atoms with E-state index < -0.39 is 0 Å². The van der Waals surface area contributed by atoms with E-state index in [4.69, 9.17) is 4.74 Å². The molecule has 3 heteroatoms. The molecule has 0 unspecified atom stereocenters. The van der Waals surface area contributed by atoms with E-state index >= 15 is 0 Å². The Morgan fingerprint density at radius 1 is 1.00 bits per heavy atom. The molecule has 0 heterocycles. The normalized spacial score (nSPS) is 10.1. The standard InChI is InChI=1S/C13H10FO2/c14-11-2-1-3-13(8-11)16-12-6-4-10(9-15)5-7-12/h1-8H,9H2. The summed E-state index contributed by atoms with van der Waals surface area (Å²) < 4.78 is 18.3. The highest BCUT2D eigenvalue weighted by Crippen LogP contribution is 2.22. The van der Waals surface area contributed by atoms with Gasteiger partial charge >= 0.3 is 0 Å². The van der Waals surface area contributed by atoms with E-state index in [2.05, 4.69) is 0 Å². The zero-order chi connectivity index (χ0) is 11.4. The summed E-state index contributed by atoms with van der Waals surface area (Å²) in [5.41, 5.74) is 0.701. The van der Waals surface area contributed by atoms with Crippen LogP contribution in [0.1, 0.15) is 5.56 Å². The number of ether oxygens (including phenoxy) is 1. The van der Waals surface area contributed by atoms with Gasteiger partial charge < -0.3 is 4.74 Å². The number of hydrogen-bond donors (Lipinski definition) is 0. The Morgan fingerprint density at radius 3 is 2.38 bits per heavy atom. The van der Waals surface area contributed by atoms with E-state index in [1.807, 2.05) is 0 Å². The molecule has 0 bridgehead atoms. The van der Waals surface area contributed by atoms with Gasteiger partial charge in [0.25, 0.3) is 0 Å². The van der Waals surface area contributed by atoms with Gasteiger partial charge in [0.2, 0.25) is 0 Å². The van der Waals surface area contributed by atoms with E-state index in [-0.39, 0.29) is 12.4 Å². The fraction of sp³-hybridized carbons (Fsp3) is 0.0769. The first-order chi connectivity index (χ1) is 7.78. The van der Waals surface area contributed by atoms with Crippen molar-refractivity contribution in [1.82, 2.24) is 0 Å². The summed E-state index contributed by atoms with van der Waals surface area (Å²) in [7, 11) is 0. The van der Waals surface area contributed by atoms with E-state index in [9.17, 15) is 9.50 Å². The maximum atomic E-state index is 12.9. The van der Waals surface area contributed by atoms with Crippen molar-refractivity contribution in [3.05, 3.63) is 59.9 Å². The average molecular weight is 217 g/mol. The predicted octanol–water partition coefficient (Wildman–Crippen LogP) is 3.55. The summed E-state index contributed by atoms with van der Waals surface area (Å²) in [6.45, 7) is -0.250. The van der Waals surface area contributed by atoms with Crippen molar-refractivity contribution in [2.45, 2.75) is 6.61 Å². The van der Waals surface area contributed by atoms with Crippen LogP contribution in [0.25, 0.3) is 0 Å². The molecule has 0 saturated carbocycles. The van der Waals surface area contributed by atoms with Crippen LogP contribution < -0.4 is 4.74 Å². The SMILES string of the molecule is [O]Cc1ccc(Oc2cccc(F)c2)cc1. The number of halogens is 1. The molecular formula is C13H10FO2. The second-order valence-corrected chi connectivity index (χ2v) is 3.35. The molecule has 0 fully saturated rings. The van der Waals surface area contributed by atoms with Crippen molar-refractivity contribution in [2.24, 2.45) is 0 Å². The lowest BCUT2D eigenvalue weighted by atomic mass is 10.2. The van der Waals surface area contributed by atoms with Gasteiger partial charge in [-0.25, -0.2) is 9.50 Å². The molecule has 0 aliphatic rings. The molecule has 0 atom stereocenters. The highest BCUT2D eigenvalue weighted by Gasteiger charge is 1.99. The molecule has 2 aromatic carbocycles. The molecule has 0 spiro atoms. The Labute approximate surface area is 92.9 Å². The predicted molar refractivity (Wildman–Crippen MR) is 57.3 cm³/mol. The third-order valence-electron chi connectivity index (χ3n) is 2.12. The average Bonchev–Trinajstić information content (AvgIpc) is 2.30. The monoisotopic (exact) mass is 217 g/mol. The first kappa shape index (κ1) is 10.6. The van der Waals surface area contributed by atoms with Crippen LogP contribution in [0.5, 0.6) is 11.5 Å². The Balaban J connectivity index is 2.14. The molecule has 0 aliphatic carbocycles. The van der Waals surface area contributed by atoms with Crippen LogP contribution in [0.3, 0.4) is 0 Å². The van der Waals surface area contributed by atoms with Crippen molar-refractivity contribution in [3.63, 3.8) is 0 Å². The molecule has 16 heavy (non-hydrogen) atoms. The Hall–Kier alpha value is -1.87. The van der Waals surface area contributed by atoms with Gasteiger partial charge in [-0.3, -0.25) is 0 Å². The summed E-state index contributed by atoms with van der Waals surface area (Å²) in [5, 5.41) is 10.6. The van der Waals surface area contributed by atoms with Gasteiger partial charge in [0.15, 0.2) is 0 Å². The molecule has 0 saturated heterocycles. The third kappa shape index (κ3) is 2.58. The van der Waals surface area contributed by atoms with Gasteiger partial charge in [0, 0.05) is 6.07 Å². The zero-order valence-electron chi connectivity index (χ0n) is 8.52. The molecule has 0 aliphatic heterocycles. The first-order valence-corrected chi connectivity index (χ1v) is 4.88. The molecule has 2 rings (SSSR count). The second-order valence-electron chi connectivity index (χ2n) is 3.35. The molecule has 2 aromatic rings. The minimum atomic E-state index is -0.339. The third-order valence-corrected chi connectivity index (χ3v) is 2.12. The van der Waals surface area contributed by atoms with Gasteiger partial charge in [0.05, 0.1) is 0 Å². The van der Waals surface area contributed by atoms with Crippen molar-refractivity contribution >= 4 is 0 Å². The van der Waals surface area contributed by atoms with Crippen LogP contribution >= 0.6 is 0 Å². The van der Waals surface area contributed by atoms with Crippen LogP contribution in [0.2, 0.25) is 0 Å². The van der Waals surface area contributed by atoms with Crippen LogP contribution in [0.15, 0.2) is 48.5 Å². The highest BCUT2D eigenvalue weighted by atomic mass is 19.1. The van der Waals surface area contributed by atoms with Crippen LogP contribution in [0.4, 0.5) is 4.39 Å². The fourth-order valence-electron chi connectivity index (χ4n) is 1.32. The largest absolute Gasteiger partial charge is 0.457 e. The van der Waals surface area contributed by atoms with Gasteiger partial charge in [-0.2, -0.15) is 0 Å². The van der Waals surface area contributed by atoms with Gasteiger partial charge in [-0.1, -0.05) is 18.2 Å². The second kappa shape index (κ2) is 4.77. The minimum Gasteiger partial charge on any atom is -0.457 e. The first-order valence-electron chi connectivity index (χ1n) is 4.88. The Bertz CT molecular complexity index is 466. The van der Waals surface area contributed by atoms with Crippen molar-refractivity contribution < 1.29 is 14.2 Å². The summed E-state index contributed by atoms with van der Waals surface area (Å²) in [6, 6.07) is 12.7. The zero-order valence-corrected chi connectivity index (χ0v) is 8.52. The Morgan fingerprint density at radius 2 is 1.75 bits per heavy atom. The van der Waals surface area contributed by atoms with Crippen molar-refractivity contribution in [3.8, 4) is 11.5 Å². The highest BCUT2D eigenvalue weighted by molar-refractivity contribution is 5.33. The van der Waals surface area contributed by atoms with Crippen LogP contribution in [-0.4, -0.2) is 0 Å². The quantitative estimate of drug-likeness (QED) is 0.772. The number of rotatable bonds is 3. The lowest BCUT2D eigenvalue weighted by Crippen LogP contribution is -1.86. The molecular weight excluding hydrogens is 207 g/mol. The molecule has 0 aromatic heterocycles. The lowest BCUT2D eigenvalue weighted by molar-refractivity contribution is 0.177. The summed E-state index contributed by atoms with van der Waals surface area (Å²) in [6.07, 6.45) is 0. The lowest BCUT2D eigenvalue weighted by Gasteiger charge is -2.05. The van der Waals surface area contributed by atoms with E-state index in [1.165, 1.54) is 12.1 Å². The summed E-state index contributed by atoms with van der Waals surface area (Å²) in [5.74, 6) is 0.686. The van der Waals surface area contributed by atoms with Crippen molar-refractivity contribution in [1.29, 1.82) is 0 Å². The van der Waals surface area contributed by atoms with Gasteiger partial charge in [-0.15, -0.1) is 0 Å². The van der Waals surface area contributed by atoms with E-state index in [0.717, 1.165) is 0 Å². The minimum absolute atomic E-state index is 0.250. The molecule has 1 radical (unpaired) electrons. The van der Waals surface area contributed by atoms with Gasteiger partial charge in [-0.05, 0) is 29.8 Å². The molecule has 2 nitrogen and oxygen atoms in total. The fourth-order valence-corrected chi connectivity index (χ4v) is 1.32. The number of hydrogen-bond acceptors (Lipinski definition) is 1. The van der Waals surface area contributed by atoms with Crippen molar-refractivity contribution in [2.75, 3.05) is 0 Å². The van der Waals surface area contributed by atoms with E-state index in [0.29, 0.717) is 17.1 Å². The molecule has 81 valence electrons. The smallest absolute Gasteiger partial charge is 0.130 e. The molecule has 0 N–H and O–H groups in total. The molecule has 0 amide bonds. The topological polar surface area (TPSA) is 29.1 Å². The maximum Gasteiger partial charge on any atom is 0.130 e. The van der Waals surface area contributed by atoms with Crippen LogP contribution in [0, 0.1) is 5.82 Å². The van der Waals surface area contributed by atoms with Crippen LogP contribution in [-0.2, 0) is 11.7 Å².